The van der Waals surface area contributed by atoms with Crippen LogP contribution in [0.2, 0.25) is 5.02 Å². The van der Waals surface area contributed by atoms with E-state index < -0.39 is 5.82 Å². The van der Waals surface area contributed by atoms with Crippen molar-refractivity contribution in [2.45, 2.75) is 19.3 Å². The van der Waals surface area contributed by atoms with Crippen LogP contribution in [-0.4, -0.2) is 28.3 Å². The number of aromatic nitrogens is 2. The van der Waals surface area contributed by atoms with Crippen molar-refractivity contribution < 1.29 is 14.0 Å². The number of hydrogen-bond acceptors (Lipinski definition) is 3. The summed E-state index contributed by atoms with van der Waals surface area (Å²) in [6.45, 7) is 0.468. The first-order valence-electron chi connectivity index (χ1n) is 7.03. The van der Waals surface area contributed by atoms with E-state index >= 15 is 0 Å². The molecule has 0 saturated carbocycles. The Morgan fingerprint density at radius 2 is 2.04 bits per heavy atom. The molecule has 8 heteroatoms. The summed E-state index contributed by atoms with van der Waals surface area (Å²) in [6.07, 6.45) is 4.01. The van der Waals surface area contributed by atoms with Crippen molar-refractivity contribution in [2.24, 2.45) is 0 Å². The maximum atomic E-state index is 13.0. The maximum Gasteiger partial charge on any atom is 0.224 e. The second-order valence-corrected chi connectivity index (χ2v) is 5.26. The molecule has 6 nitrogen and oxygen atoms in total. The smallest absolute Gasteiger partial charge is 0.224 e. The molecule has 122 valence electrons. The lowest BCUT2D eigenvalue weighted by Crippen LogP contribution is -2.26. The second kappa shape index (κ2) is 8.28. The number of benzene rings is 1. The van der Waals surface area contributed by atoms with Crippen LogP contribution in [0.4, 0.5) is 10.1 Å². The molecule has 3 N–H and O–H groups in total. The van der Waals surface area contributed by atoms with Gasteiger partial charge in [-0.25, -0.2) is 9.37 Å². The molecule has 0 spiro atoms. The van der Waals surface area contributed by atoms with Crippen LogP contribution >= 0.6 is 11.6 Å². The number of hydrogen-bond donors (Lipinski definition) is 3. The molecule has 2 aromatic rings. The van der Waals surface area contributed by atoms with Gasteiger partial charge in [-0.05, 0) is 18.2 Å². The molecule has 2 rings (SSSR count). The van der Waals surface area contributed by atoms with Crippen molar-refractivity contribution in [2.75, 3.05) is 11.9 Å². The lowest BCUT2D eigenvalue weighted by molar-refractivity contribution is -0.124. The van der Waals surface area contributed by atoms with Crippen molar-refractivity contribution in [3.63, 3.8) is 0 Å². The maximum absolute atomic E-state index is 13.0. The largest absolute Gasteiger partial charge is 0.356 e. The number of nitrogens with one attached hydrogen (secondary N) is 3. The number of halogens is 2. The molecule has 0 unspecified atom stereocenters. The first-order chi connectivity index (χ1) is 11.0. The lowest BCUT2D eigenvalue weighted by atomic mass is 10.2. The van der Waals surface area contributed by atoms with Crippen molar-refractivity contribution >= 4 is 29.1 Å². The molecule has 23 heavy (non-hydrogen) atoms. The molecule has 0 aliphatic rings. The molecule has 0 bridgehead atoms. The summed E-state index contributed by atoms with van der Waals surface area (Å²) >= 11 is 5.63. The number of amides is 2. The third-order valence-electron chi connectivity index (χ3n) is 3.05. The Bertz CT molecular complexity index is 676. The minimum atomic E-state index is -0.554. The minimum absolute atomic E-state index is 0.0326. The molecule has 0 fully saturated rings. The van der Waals surface area contributed by atoms with Gasteiger partial charge in [-0.1, -0.05) is 11.6 Å². The summed E-state index contributed by atoms with van der Waals surface area (Å²) in [5.74, 6) is -1.10. The van der Waals surface area contributed by atoms with Crippen molar-refractivity contribution in [3.8, 4) is 0 Å². The van der Waals surface area contributed by atoms with Crippen LogP contribution in [0.25, 0.3) is 0 Å². The summed E-state index contributed by atoms with van der Waals surface area (Å²) in [5, 5.41) is 5.21. The lowest BCUT2D eigenvalue weighted by Gasteiger charge is -2.07. The first-order valence-corrected chi connectivity index (χ1v) is 7.41. The van der Waals surface area contributed by atoms with Gasteiger partial charge in [0, 0.05) is 43.4 Å². The van der Waals surface area contributed by atoms with Gasteiger partial charge in [-0.3, -0.25) is 9.59 Å². The number of anilines is 1. The topological polar surface area (TPSA) is 86.9 Å². The number of carbonyl (C=O) groups excluding carboxylic acids is 2. The van der Waals surface area contributed by atoms with E-state index in [1.807, 2.05) is 0 Å². The molecule has 0 aliphatic heterocycles. The molecule has 2 amide bonds. The van der Waals surface area contributed by atoms with E-state index in [9.17, 15) is 14.0 Å². The average Bonchev–Trinajstić information content (AvgIpc) is 3.02. The fraction of sp³-hybridized carbons (Fsp3) is 0.267. The third kappa shape index (κ3) is 5.71. The molecule has 0 saturated heterocycles. The Labute approximate surface area is 137 Å². The standard InChI is InChI=1S/C15H16ClFN4O2/c16-12-7-10(1-2-13(12)17)21-15(23)4-3-14(22)19-6-5-11-8-18-9-20-11/h1-2,7-9H,3-6H2,(H,18,20)(H,19,22)(H,21,23). The van der Waals surface area contributed by atoms with Gasteiger partial charge in [-0.15, -0.1) is 0 Å². The Morgan fingerprint density at radius 3 is 2.74 bits per heavy atom. The van der Waals surface area contributed by atoms with E-state index in [1.54, 1.807) is 12.5 Å². The van der Waals surface area contributed by atoms with Gasteiger partial charge >= 0.3 is 0 Å². The number of carbonyl (C=O) groups is 2. The molecule has 1 heterocycles. The zero-order valence-electron chi connectivity index (χ0n) is 12.2. The van der Waals surface area contributed by atoms with Crippen LogP contribution < -0.4 is 10.6 Å². The monoisotopic (exact) mass is 338 g/mol. The van der Waals surface area contributed by atoms with Crippen molar-refractivity contribution in [1.29, 1.82) is 0 Å². The SMILES string of the molecule is O=C(CCC(=O)Nc1ccc(F)c(Cl)c1)NCCc1cnc[nH]1. The van der Waals surface area contributed by atoms with Gasteiger partial charge in [0.2, 0.25) is 11.8 Å². The van der Waals surface area contributed by atoms with Gasteiger partial charge in [0.05, 0.1) is 11.3 Å². The molecule has 0 radical (unpaired) electrons. The molecule has 0 atom stereocenters. The van der Waals surface area contributed by atoms with Gasteiger partial charge < -0.3 is 15.6 Å². The highest BCUT2D eigenvalue weighted by Gasteiger charge is 2.08. The van der Waals surface area contributed by atoms with Crippen LogP contribution in [0.1, 0.15) is 18.5 Å². The minimum Gasteiger partial charge on any atom is -0.356 e. The molecule has 1 aromatic carbocycles. The molecular formula is C15H16ClFN4O2. The molecular weight excluding hydrogens is 323 g/mol. The Balaban J connectivity index is 1.67. The van der Waals surface area contributed by atoms with E-state index in [2.05, 4.69) is 20.6 Å². The summed E-state index contributed by atoms with van der Waals surface area (Å²) in [6, 6.07) is 3.89. The normalized spacial score (nSPS) is 10.3. The van der Waals surface area contributed by atoms with Crippen LogP contribution in [0.3, 0.4) is 0 Å². The van der Waals surface area contributed by atoms with Gasteiger partial charge in [0.25, 0.3) is 0 Å². The highest BCUT2D eigenvalue weighted by atomic mass is 35.5. The van der Waals surface area contributed by atoms with Crippen molar-refractivity contribution in [3.05, 3.63) is 47.3 Å². The average molecular weight is 339 g/mol. The fourth-order valence-corrected chi connectivity index (χ4v) is 2.05. The predicted molar refractivity (Wildman–Crippen MR) is 84.6 cm³/mol. The summed E-state index contributed by atoms with van der Waals surface area (Å²) < 4.78 is 13.0. The van der Waals surface area contributed by atoms with Crippen LogP contribution in [0.15, 0.2) is 30.7 Å². The number of imidazole rings is 1. The Hall–Kier alpha value is -2.41. The number of nitrogens with zero attached hydrogens (tertiary/aromatic N) is 1. The highest BCUT2D eigenvalue weighted by Crippen LogP contribution is 2.19. The van der Waals surface area contributed by atoms with Crippen LogP contribution in [0.5, 0.6) is 0 Å². The number of rotatable bonds is 7. The van der Waals surface area contributed by atoms with Gasteiger partial charge in [-0.2, -0.15) is 0 Å². The van der Waals surface area contributed by atoms with Gasteiger partial charge in [0.1, 0.15) is 5.82 Å². The summed E-state index contributed by atoms with van der Waals surface area (Å²) in [4.78, 5) is 30.2. The summed E-state index contributed by atoms with van der Waals surface area (Å²) in [7, 11) is 0. The van der Waals surface area contributed by atoms with E-state index in [4.69, 9.17) is 11.6 Å². The zero-order valence-corrected chi connectivity index (χ0v) is 13.0. The second-order valence-electron chi connectivity index (χ2n) is 4.85. The number of aromatic amines is 1. The van der Waals surface area contributed by atoms with E-state index in [0.29, 0.717) is 18.7 Å². The summed E-state index contributed by atoms with van der Waals surface area (Å²) in [5.41, 5.74) is 1.32. The third-order valence-corrected chi connectivity index (χ3v) is 3.34. The molecule has 0 aliphatic carbocycles. The predicted octanol–water partition coefficient (Wildman–Crippen LogP) is 2.28. The van der Waals surface area contributed by atoms with E-state index in [-0.39, 0.29) is 29.7 Å². The van der Waals surface area contributed by atoms with Crippen LogP contribution in [0, 0.1) is 5.82 Å². The van der Waals surface area contributed by atoms with Crippen LogP contribution in [-0.2, 0) is 16.0 Å². The highest BCUT2D eigenvalue weighted by molar-refractivity contribution is 6.31. The van der Waals surface area contributed by atoms with Gasteiger partial charge in [0.15, 0.2) is 0 Å². The van der Waals surface area contributed by atoms with E-state index in [0.717, 1.165) is 5.69 Å². The van der Waals surface area contributed by atoms with E-state index in [1.165, 1.54) is 18.2 Å². The molecule has 1 aromatic heterocycles. The Kier molecular flexibility index (Phi) is 6.10. The first kappa shape index (κ1) is 17.0. The quantitative estimate of drug-likeness (QED) is 0.723. The van der Waals surface area contributed by atoms with Crippen molar-refractivity contribution in [1.82, 2.24) is 15.3 Å². The Morgan fingerprint density at radius 1 is 1.26 bits per heavy atom. The zero-order chi connectivity index (χ0) is 16.7. The number of H-pyrrole nitrogens is 1. The fourth-order valence-electron chi connectivity index (χ4n) is 1.87.